The Bertz CT molecular complexity index is 1980. The van der Waals surface area contributed by atoms with Crippen molar-refractivity contribution in [2.24, 2.45) is 35.5 Å². The summed E-state index contributed by atoms with van der Waals surface area (Å²) in [5.74, 6) is -4.96. The van der Waals surface area contributed by atoms with Gasteiger partial charge in [-0.2, -0.15) is 13.2 Å². The van der Waals surface area contributed by atoms with E-state index in [0.29, 0.717) is 17.2 Å². The zero-order chi connectivity index (χ0) is 36.5. The highest BCUT2D eigenvalue weighted by atomic mass is 32.2. The Labute approximate surface area is 297 Å². The molecular weight excluding hydrogens is 712 g/mol. The van der Waals surface area contributed by atoms with Gasteiger partial charge in [-0.1, -0.05) is 37.3 Å². The van der Waals surface area contributed by atoms with E-state index < -0.39 is 65.8 Å². The van der Waals surface area contributed by atoms with E-state index >= 15 is 0 Å². The lowest BCUT2D eigenvalue weighted by molar-refractivity contribution is -0.157. The maximum Gasteiger partial charge on any atom is 0.416 e. The minimum atomic E-state index is -4.57. The number of alkyl halides is 3. The Balaban J connectivity index is 1.17. The first-order chi connectivity index (χ1) is 24.2. The van der Waals surface area contributed by atoms with Crippen LogP contribution >= 0.6 is 23.1 Å². The quantitative estimate of drug-likeness (QED) is 0.230. The fraction of sp³-hybridized carbons (Fsp3) is 0.457. The summed E-state index contributed by atoms with van der Waals surface area (Å²) in [5, 5.41) is 13.0. The van der Waals surface area contributed by atoms with Crippen LogP contribution in [0, 0.1) is 35.5 Å². The second kappa shape index (κ2) is 13.0. The highest BCUT2D eigenvalue weighted by Crippen LogP contribution is 2.69. The standard InChI is InChI=1S/C35H34F3N3O8S2/c1-4-48-21-10-15(8-9-20(21)49-13-22(42)39-17-7-5-6-16(11-17)35(36,37)38)23-24-18-12-19(28(24)50-30-29(23)51-34(47)40-30)26-25(18)31(43)41(32(26)44)27(14(2)3)33(45)46/h5-11,14,18-19,23-28H,4,12-13H2,1-3H3,(H,39,42)(H,40,47)(H,45,46)/t18?,19?,23-,24?,25?,26?,27?,28?/m1/s1. The number of nitrogens with zero attached hydrogens (tertiary/aromatic N) is 1. The van der Waals surface area contributed by atoms with Crippen molar-refractivity contribution in [3.05, 3.63) is 68.1 Å². The molecule has 51 heavy (non-hydrogen) atoms. The van der Waals surface area contributed by atoms with Crippen molar-refractivity contribution in [2.45, 2.75) is 55.6 Å². The number of benzene rings is 2. The fourth-order valence-corrected chi connectivity index (χ4v) is 11.5. The highest BCUT2D eigenvalue weighted by molar-refractivity contribution is 8.00. The van der Waals surface area contributed by atoms with Crippen LogP contribution in [0.5, 0.6) is 11.5 Å². The maximum absolute atomic E-state index is 14.0. The molecule has 11 nitrogen and oxygen atoms in total. The molecule has 270 valence electrons. The third-order valence-electron chi connectivity index (χ3n) is 10.4. The summed E-state index contributed by atoms with van der Waals surface area (Å²) in [6.45, 7) is 4.85. The van der Waals surface area contributed by atoms with Crippen LogP contribution in [0.4, 0.5) is 18.9 Å². The van der Waals surface area contributed by atoms with E-state index in [9.17, 15) is 42.3 Å². The normalized spacial score (nSPS) is 26.9. The van der Waals surface area contributed by atoms with Crippen LogP contribution in [0.15, 0.2) is 52.3 Å². The molecule has 7 unspecified atom stereocenters. The van der Waals surface area contributed by atoms with Gasteiger partial charge in [-0.3, -0.25) is 24.1 Å². The second-order valence-electron chi connectivity index (χ2n) is 13.6. The molecule has 1 aromatic heterocycles. The number of anilines is 1. The number of aromatic amines is 1. The lowest BCUT2D eigenvalue weighted by Gasteiger charge is -2.43. The number of thioether (sulfide) groups is 1. The van der Waals surface area contributed by atoms with Crippen molar-refractivity contribution < 1.29 is 46.9 Å². The summed E-state index contributed by atoms with van der Waals surface area (Å²) in [6, 6.07) is 8.20. The van der Waals surface area contributed by atoms with Crippen LogP contribution in [0.3, 0.4) is 0 Å². The van der Waals surface area contributed by atoms with E-state index in [1.165, 1.54) is 23.9 Å². The first kappa shape index (κ1) is 35.1. The summed E-state index contributed by atoms with van der Waals surface area (Å²) in [6.07, 6.45) is -3.94. The number of hydrogen-bond donors (Lipinski definition) is 3. The van der Waals surface area contributed by atoms with E-state index in [1.54, 1.807) is 39.0 Å². The number of carbonyl (C=O) groups excluding carboxylic acids is 3. The molecule has 4 aliphatic rings. The van der Waals surface area contributed by atoms with E-state index in [-0.39, 0.29) is 51.8 Å². The van der Waals surface area contributed by atoms with Gasteiger partial charge < -0.3 is 24.9 Å². The number of carbonyl (C=O) groups is 4. The third-order valence-corrected chi connectivity index (χ3v) is 13.0. The van der Waals surface area contributed by atoms with Crippen molar-refractivity contribution in [1.82, 2.24) is 9.88 Å². The number of nitrogens with one attached hydrogen (secondary N) is 2. The monoisotopic (exact) mass is 745 g/mol. The molecule has 0 radical (unpaired) electrons. The number of hydrogen-bond acceptors (Lipinski definition) is 9. The molecule has 7 rings (SSSR count). The number of H-pyrrole nitrogens is 1. The Morgan fingerprint density at radius 1 is 1.04 bits per heavy atom. The topological polar surface area (TPSA) is 155 Å². The maximum atomic E-state index is 14.0. The van der Waals surface area contributed by atoms with Crippen molar-refractivity contribution >= 4 is 52.5 Å². The van der Waals surface area contributed by atoms with Gasteiger partial charge in [0.2, 0.25) is 11.8 Å². The van der Waals surface area contributed by atoms with Gasteiger partial charge in [0.05, 0.1) is 29.0 Å². The largest absolute Gasteiger partial charge is 0.490 e. The number of fused-ring (bicyclic) bond motifs is 9. The van der Waals surface area contributed by atoms with Gasteiger partial charge in [0.25, 0.3) is 5.91 Å². The first-order valence-electron chi connectivity index (χ1n) is 16.6. The zero-order valence-electron chi connectivity index (χ0n) is 27.6. The molecule has 1 saturated heterocycles. The Morgan fingerprint density at radius 3 is 2.43 bits per heavy atom. The van der Waals surface area contributed by atoms with Crippen LogP contribution in [0.25, 0.3) is 0 Å². The number of carboxylic acids is 1. The van der Waals surface area contributed by atoms with Gasteiger partial charge in [0, 0.05) is 21.7 Å². The molecule has 3 aromatic rings. The number of halogens is 3. The Hall–Kier alpha value is -4.31. The molecule has 2 aliphatic heterocycles. The third kappa shape index (κ3) is 5.99. The molecule has 2 bridgehead atoms. The van der Waals surface area contributed by atoms with Crippen molar-refractivity contribution in [2.75, 3.05) is 18.5 Å². The predicted octanol–water partition coefficient (Wildman–Crippen LogP) is 5.45. The number of thiazole rings is 1. The molecule has 2 aromatic carbocycles. The number of rotatable bonds is 10. The lowest BCUT2D eigenvalue weighted by atomic mass is 9.68. The number of ether oxygens (including phenoxy) is 2. The van der Waals surface area contributed by atoms with Gasteiger partial charge in [-0.05, 0) is 72.9 Å². The number of carboxylic acid groups (broad SMARTS) is 1. The lowest BCUT2D eigenvalue weighted by Crippen LogP contribution is -2.49. The SMILES string of the molecule is CCOc1cc([C@H]2c3sc(=O)[nH]c3SC3C4CC(C5C(=O)N(C(C(=O)O)C(C)C)C(=O)C45)C32)ccc1OCC(=O)Nc1cccc(C(F)(F)F)c1. The van der Waals surface area contributed by atoms with Crippen molar-refractivity contribution in [3.8, 4) is 11.5 Å². The van der Waals surface area contributed by atoms with Gasteiger partial charge in [-0.15, -0.1) is 11.8 Å². The van der Waals surface area contributed by atoms with E-state index in [4.69, 9.17) is 9.47 Å². The van der Waals surface area contributed by atoms with Crippen LogP contribution in [-0.2, 0) is 25.4 Å². The molecule has 3 fully saturated rings. The molecule has 0 spiro atoms. The Morgan fingerprint density at radius 2 is 1.76 bits per heavy atom. The van der Waals surface area contributed by atoms with E-state index in [2.05, 4.69) is 10.3 Å². The number of imide groups is 1. The average Bonchev–Trinajstić information content (AvgIpc) is 3.80. The second-order valence-corrected chi connectivity index (χ2v) is 15.8. The molecule has 8 atom stereocenters. The Kier molecular flexibility index (Phi) is 8.97. The summed E-state index contributed by atoms with van der Waals surface area (Å²) in [7, 11) is 0. The van der Waals surface area contributed by atoms with Gasteiger partial charge >= 0.3 is 17.0 Å². The van der Waals surface area contributed by atoms with Gasteiger partial charge in [0.15, 0.2) is 18.1 Å². The molecule has 16 heteroatoms. The van der Waals surface area contributed by atoms with Crippen molar-refractivity contribution in [1.29, 1.82) is 0 Å². The molecular formula is C35H34F3N3O8S2. The number of aliphatic carboxylic acids is 1. The number of amides is 3. The molecule has 3 N–H and O–H groups in total. The summed E-state index contributed by atoms with van der Waals surface area (Å²) >= 11 is 2.59. The molecule has 2 saturated carbocycles. The van der Waals surface area contributed by atoms with Crippen LogP contribution in [-0.4, -0.2) is 63.2 Å². The molecule has 3 amide bonds. The highest BCUT2D eigenvalue weighted by Gasteiger charge is 2.70. The van der Waals surface area contributed by atoms with E-state index in [0.717, 1.165) is 38.8 Å². The number of likely N-dealkylation sites (tertiary alicyclic amines) is 1. The summed E-state index contributed by atoms with van der Waals surface area (Å²) in [5.41, 5.74) is -0.165. The smallest absolute Gasteiger partial charge is 0.416 e. The van der Waals surface area contributed by atoms with Crippen LogP contribution in [0.1, 0.15) is 49.1 Å². The minimum Gasteiger partial charge on any atom is -0.490 e. The van der Waals surface area contributed by atoms with Gasteiger partial charge in [0.1, 0.15) is 6.04 Å². The summed E-state index contributed by atoms with van der Waals surface area (Å²) in [4.78, 5) is 69.8. The summed E-state index contributed by atoms with van der Waals surface area (Å²) < 4.78 is 51.1. The van der Waals surface area contributed by atoms with Crippen molar-refractivity contribution in [3.63, 3.8) is 0 Å². The van der Waals surface area contributed by atoms with Crippen LogP contribution < -0.4 is 19.7 Å². The molecule has 2 aliphatic carbocycles. The zero-order valence-corrected chi connectivity index (χ0v) is 29.2. The first-order valence-corrected chi connectivity index (χ1v) is 18.2. The van der Waals surface area contributed by atoms with E-state index in [1.807, 2.05) is 0 Å². The van der Waals surface area contributed by atoms with Gasteiger partial charge in [-0.25, -0.2) is 4.79 Å². The predicted molar refractivity (Wildman–Crippen MR) is 180 cm³/mol. The number of aromatic nitrogens is 1. The minimum absolute atomic E-state index is 0.0359. The fourth-order valence-electron chi connectivity index (χ4n) is 8.60. The molecule has 3 heterocycles. The average molecular weight is 746 g/mol. The van der Waals surface area contributed by atoms with Crippen LogP contribution in [0.2, 0.25) is 0 Å².